The highest BCUT2D eigenvalue weighted by atomic mass is 19.1. The lowest BCUT2D eigenvalue weighted by atomic mass is 9.87. The number of carbonyl (C=O) groups excluding carboxylic acids is 1. The minimum Gasteiger partial charge on any atom is -0.388 e. The number of carbonyl (C=O) groups is 1. The number of amides is 1. The average Bonchev–Trinajstić information content (AvgIpc) is 2.90. The number of rotatable bonds is 6. The van der Waals surface area contributed by atoms with E-state index < -0.39 is 11.7 Å². The van der Waals surface area contributed by atoms with Crippen molar-refractivity contribution in [2.45, 2.75) is 26.2 Å². The normalized spacial score (nSPS) is 11.2. The molecule has 0 bridgehead atoms. The zero-order valence-electron chi connectivity index (χ0n) is 22.5. The number of hydrogen-bond donors (Lipinski definition) is 2. The fourth-order valence-electron chi connectivity index (χ4n) is 4.06. The van der Waals surface area contributed by atoms with Gasteiger partial charge in [0.25, 0.3) is 11.5 Å². The van der Waals surface area contributed by atoms with Gasteiger partial charge in [-0.3, -0.25) is 9.59 Å². The number of aryl methyl sites for hydroxylation is 1. The van der Waals surface area contributed by atoms with Crippen LogP contribution in [-0.4, -0.2) is 29.6 Å². The summed E-state index contributed by atoms with van der Waals surface area (Å²) >= 11 is 0. The Morgan fingerprint density at radius 3 is 2.26 bits per heavy atom. The summed E-state index contributed by atoms with van der Waals surface area (Å²) in [7, 11) is 5.16. The molecule has 0 radical (unpaired) electrons. The minimum absolute atomic E-state index is 0.0283. The van der Waals surface area contributed by atoms with Gasteiger partial charge in [-0.1, -0.05) is 39.0 Å². The molecule has 4 aromatic rings. The van der Waals surface area contributed by atoms with Crippen molar-refractivity contribution in [1.29, 1.82) is 0 Å². The maximum Gasteiger partial charge on any atom is 0.293 e. The van der Waals surface area contributed by atoms with Crippen LogP contribution in [0.3, 0.4) is 0 Å². The van der Waals surface area contributed by atoms with Gasteiger partial charge in [-0.2, -0.15) is 0 Å². The summed E-state index contributed by atoms with van der Waals surface area (Å²) in [5.74, 6) is -0.902. The summed E-state index contributed by atoms with van der Waals surface area (Å²) in [4.78, 5) is 32.0. The van der Waals surface area contributed by atoms with E-state index >= 15 is 4.39 Å². The lowest BCUT2D eigenvalue weighted by molar-refractivity contribution is 0.102. The van der Waals surface area contributed by atoms with Gasteiger partial charge < -0.3 is 20.1 Å². The Labute approximate surface area is 222 Å². The molecule has 1 heterocycles. The van der Waals surface area contributed by atoms with E-state index in [1.54, 1.807) is 43.3 Å². The van der Waals surface area contributed by atoms with Gasteiger partial charge in [-0.15, -0.1) is 0 Å². The quantitative estimate of drug-likeness (QED) is 0.333. The van der Waals surface area contributed by atoms with Crippen LogP contribution < -0.4 is 21.1 Å². The van der Waals surface area contributed by atoms with Gasteiger partial charge >= 0.3 is 0 Å². The Hall–Kier alpha value is -4.46. The van der Waals surface area contributed by atoms with Gasteiger partial charge in [0, 0.05) is 49.8 Å². The minimum atomic E-state index is -0.634. The van der Waals surface area contributed by atoms with E-state index in [9.17, 15) is 9.59 Å². The summed E-state index contributed by atoms with van der Waals surface area (Å²) in [6.45, 7) is 6.29. The highest BCUT2D eigenvalue weighted by molar-refractivity contribution is 6.04. The molecule has 0 saturated heterocycles. The van der Waals surface area contributed by atoms with Gasteiger partial charge in [-0.05, 0) is 59.5 Å². The number of nitrogens with one attached hydrogen (secondary N) is 2. The van der Waals surface area contributed by atoms with Crippen LogP contribution in [0.4, 0.5) is 27.3 Å². The number of aromatic nitrogens is 2. The molecule has 0 aliphatic carbocycles. The lowest BCUT2D eigenvalue weighted by Crippen LogP contribution is -2.27. The molecule has 1 aromatic heterocycles. The standard InChI is InChI=1S/C30H32FN5O2/c1-30(2,3)20-12-10-19(11-13-20)28(37)34-24-9-7-8-23(26(24)31)25-18-35(5)29(38)27(33-25)36(6)22-16-14-21(32-4)15-17-22/h7-18,32H,1-6H3,(H,34,37). The van der Waals surface area contributed by atoms with E-state index in [1.807, 2.05) is 43.4 Å². The van der Waals surface area contributed by atoms with E-state index in [0.29, 0.717) is 5.56 Å². The second-order valence-electron chi connectivity index (χ2n) is 10.2. The Morgan fingerprint density at radius 2 is 1.66 bits per heavy atom. The zero-order chi connectivity index (χ0) is 27.6. The molecule has 4 rings (SSSR count). The van der Waals surface area contributed by atoms with Crippen LogP contribution >= 0.6 is 0 Å². The first-order valence-corrected chi connectivity index (χ1v) is 12.3. The molecule has 38 heavy (non-hydrogen) atoms. The number of hydrogen-bond acceptors (Lipinski definition) is 5. The van der Waals surface area contributed by atoms with Crippen LogP contribution in [0.5, 0.6) is 0 Å². The van der Waals surface area contributed by atoms with Gasteiger partial charge in [0.2, 0.25) is 0 Å². The highest BCUT2D eigenvalue weighted by Crippen LogP contribution is 2.29. The smallest absolute Gasteiger partial charge is 0.293 e. The molecule has 196 valence electrons. The molecular weight excluding hydrogens is 481 g/mol. The Bertz CT molecular complexity index is 1520. The molecular formula is C30H32FN5O2. The highest BCUT2D eigenvalue weighted by Gasteiger charge is 2.19. The van der Waals surface area contributed by atoms with Crippen molar-refractivity contribution < 1.29 is 9.18 Å². The number of anilines is 4. The fourth-order valence-corrected chi connectivity index (χ4v) is 4.06. The Morgan fingerprint density at radius 1 is 1.00 bits per heavy atom. The first-order valence-electron chi connectivity index (χ1n) is 12.3. The van der Waals surface area contributed by atoms with Crippen molar-refractivity contribution in [1.82, 2.24) is 9.55 Å². The van der Waals surface area contributed by atoms with Crippen molar-refractivity contribution >= 4 is 28.8 Å². The molecule has 0 aliphatic rings. The van der Waals surface area contributed by atoms with Gasteiger partial charge in [-0.25, -0.2) is 9.37 Å². The van der Waals surface area contributed by atoms with E-state index in [1.165, 1.54) is 16.8 Å². The van der Waals surface area contributed by atoms with Crippen molar-refractivity contribution in [3.8, 4) is 11.3 Å². The SMILES string of the molecule is CNc1ccc(N(C)c2nc(-c3cccc(NC(=O)c4ccc(C(C)(C)C)cc4)c3F)cn(C)c2=O)cc1. The van der Waals surface area contributed by atoms with Crippen molar-refractivity contribution in [2.24, 2.45) is 7.05 Å². The van der Waals surface area contributed by atoms with Crippen molar-refractivity contribution in [3.63, 3.8) is 0 Å². The van der Waals surface area contributed by atoms with E-state index in [-0.39, 0.29) is 33.7 Å². The van der Waals surface area contributed by atoms with Crippen LogP contribution in [0, 0.1) is 5.82 Å². The van der Waals surface area contributed by atoms with Gasteiger partial charge in [0.05, 0.1) is 11.4 Å². The molecule has 7 nitrogen and oxygen atoms in total. The Balaban J connectivity index is 1.65. The zero-order valence-corrected chi connectivity index (χ0v) is 22.5. The van der Waals surface area contributed by atoms with Crippen LogP contribution in [0.15, 0.2) is 77.7 Å². The van der Waals surface area contributed by atoms with E-state index in [2.05, 4.69) is 36.4 Å². The molecule has 8 heteroatoms. The molecule has 0 spiro atoms. The second-order valence-corrected chi connectivity index (χ2v) is 10.2. The first kappa shape index (κ1) is 26.6. The summed E-state index contributed by atoms with van der Waals surface area (Å²) in [6.07, 6.45) is 1.49. The maximum atomic E-state index is 15.7. The topological polar surface area (TPSA) is 79.3 Å². The molecule has 0 unspecified atom stereocenters. The third-order valence-corrected chi connectivity index (χ3v) is 6.45. The van der Waals surface area contributed by atoms with Gasteiger partial charge in [0.15, 0.2) is 11.6 Å². The van der Waals surface area contributed by atoms with Crippen molar-refractivity contribution in [3.05, 3.63) is 100 Å². The molecule has 2 N–H and O–H groups in total. The van der Waals surface area contributed by atoms with Crippen LogP contribution in [-0.2, 0) is 12.5 Å². The fraction of sp³-hybridized carbons (Fsp3) is 0.233. The van der Waals surface area contributed by atoms with Crippen LogP contribution in [0.2, 0.25) is 0 Å². The third kappa shape index (κ3) is 5.44. The predicted octanol–water partition coefficient (Wildman–Crippen LogP) is 5.95. The molecule has 1 amide bonds. The Kier molecular flexibility index (Phi) is 7.35. The largest absolute Gasteiger partial charge is 0.388 e. The lowest BCUT2D eigenvalue weighted by Gasteiger charge is -2.20. The van der Waals surface area contributed by atoms with Crippen LogP contribution in [0.1, 0.15) is 36.7 Å². The summed E-state index contributed by atoms with van der Waals surface area (Å²) in [5, 5.41) is 5.72. The number of benzene rings is 3. The number of nitrogens with zero attached hydrogens (tertiary/aromatic N) is 3. The molecule has 0 saturated carbocycles. The summed E-state index contributed by atoms with van der Waals surface area (Å²) < 4.78 is 17.0. The molecule has 0 aliphatic heterocycles. The van der Waals surface area contributed by atoms with Crippen LogP contribution in [0.25, 0.3) is 11.3 Å². The monoisotopic (exact) mass is 513 g/mol. The van der Waals surface area contributed by atoms with E-state index in [4.69, 9.17) is 0 Å². The molecule has 0 atom stereocenters. The second kappa shape index (κ2) is 10.5. The van der Waals surface area contributed by atoms with Crippen molar-refractivity contribution in [2.75, 3.05) is 29.6 Å². The van der Waals surface area contributed by atoms with E-state index in [0.717, 1.165) is 16.9 Å². The summed E-state index contributed by atoms with van der Waals surface area (Å²) in [5.41, 5.74) is 3.32. The summed E-state index contributed by atoms with van der Waals surface area (Å²) in [6, 6.07) is 19.5. The van der Waals surface area contributed by atoms with Gasteiger partial charge in [0.1, 0.15) is 0 Å². The average molecular weight is 514 g/mol. The maximum absolute atomic E-state index is 15.7. The first-order chi connectivity index (χ1) is 18.0. The molecule has 3 aromatic carbocycles. The number of halogens is 1. The molecule has 0 fully saturated rings. The third-order valence-electron chi connectivity index (χ3n) is 6.45. The predicted molar refractivity (Wildman–Crippen MR) is 152 cm³/mol.